The Balaban J connectivity index is 2.26. The van der Waals surface area contributed by atoms with Crippen molar-refractivity contribution in [2.24, 2.45) is 0 Å². The maximum atomic E-state index is 12.5. The van der Waals surface area contributed by atoms with Crippen LogP contribution >= 0.6 is 11.3 Å². The van der Waals surface area contributed by atoms with E-state index < -0.39 is 5.69 Å². The lowest BCUT2D eigenvalue weighted by Crippen LogP contribution is -2.35. The van der Waals surface area contributed by atoms with Crippen molar-refractivity contribution < 1.29 is 9.52 Å². The maximum Gasteiger partial charge on any atom is 0.329 e. The molecule has 0 atom stereocenters. The number of aromatic nitrogens is 2. The molecule has 20 heavy (non-hydrogen) atoms. The average Bonchev–Trinajstić information content (AvgIpc) is 3.06. The number of hydrogen-bond acceptors (Lipinski definition) is 5. The lowest BCUT2D eigenvalue weighted by Gasteiger charge is -2.03. The van der Waals surface area contributed by atoms with E-state index in [1.165, 1.54) is 17.6 Å². The molecule has 0 fully saturated rings. The molecule has 0 spiro atoms. The van der Waals surface area contributed by atoms with Crippen LogP contribution in [-0.4, -0.2) is 21.3 Å². The van der Waals surface area contributed by atoms with Crippen molar-refractivity contribution in [1.82, 2.24) is 9.55 Å². The van der Waals surface area contributed by atoms with Crippen LogP contribution in [-0.2, 0) is 6.54 Å². The molecule has 0 aliphatic carbocycles. The van der Waals surface area contributed by atoms with Gasteiger partial charge in [0.05, 0.1) is 11.6 Å². The van der Waals surface area contributed by atoms with Gasteiger partial charge in [-0.1, -0.05) is 0 Å². The number of fused-ring (bicyclic) bond motifs is 1. The number of H-pyrrole nitrogens is 1. The number of thiophene rings is 1. The number of hydrogen-bond donors (Lipinski definition) is 2. The van der Waals surface area contributed by atoms with Gasteiger partial charge in [-0.15, -0.1) is 11.3 Å². The Hall–Kier alpha value is -2.12. The van der Waals surface area contributed by atoms with Gasteiger partial charge in [-0.05, 0) is 18.6 Å². The number of aromatic amines is 1. The summed E-state index contributed by atoms with van der Waals surface area (Å²) in [5, 5.41) is 11.1. The fraction of sp³-hybridized carbons (Fsp3) is 0.231. The van der Waals surface area contributed by atoms with Gasteiger partial charge in [-0.2, -0.15) is 0 Å². The summed E-state index contributed by atoms with van der Waals surface area (Å²) in [6.45, 7) is 0.118. The molecule has 0 unspecified atom stereocenters. The van der Waals surface area contributed by atoms with E-state index in [0.29, 0.717) is 28.0 Å². The Morgan fingerprint density at radius 3 is 2.95 bits per heavy atom. The second-order valence-corrected chi connectivity index (χ2v) is 5.17. The first-order valence-corrected chi connectivity index (χ1v) is 6.99. The second kappa shape index (κ2) is 5.10. The molecule has 0 aromatic carbocycles. The minimum absolute atomic E-state index is 0.0708. The molecule has 0 amide bonds. The van der Waals surface area contributed by atoms with E-state index in [0.717, 1.165) is 4.57 Å². The topological polar surface area (TPSA) is 88.2 Å². The average molecular weight is 292 g/mol. The van der Waals surface area contributed by atoms with Crippen LogP contribution in [0.4, 0.5) is 0 Å². The van der Waals surface area contributed by atoms with Gasteiger partial charge in [-0.3, -0.25) is 14.3 Å². The van der Waals surface area contributed by atoms with Crippen molar-refractivity contribution in [3.63, 3.8) is 0 Å². The molecule has 104 valence electrons. The highest BCUT2D eigenvalue weighted by Crippen LogP contribution is 2.30. The molecule has 3 aromatic heterocycles. The van der Waals surface area contributed by atoms with Crippen molar-refractivity contribution in [3.8, 4) is 11.3 Å². The van der Waals surface area contributed by atoms with Crippen LogP contribution < -0.4 is 11.2 Å². The summed E-state index contributed by atoms with van der Waals surface area (Å²) >= 11 is 1.29. The molecule has 0 aliphatic rings. The fourth-order valence-electron chi connectivity index (χ4n) is 2.10. The molecule has 0 saturated heterocycles. The van der Waals surface area contributed by atoms with Crippen molar-refractivity contribution in [2.75, 3.05) is 6.61 Å². The van der Waals surface area contributed by atoms with E-state index in [-0.39, 0.29) is 18.7 Å². The van der Waals surface area contributed by atoms with Crippen molar-refractivity contribution >= 4 is 21.6 Å². The van der Waals surface area contributed by atoms with Crippen LogP contribution in [0.2, 0.25) is 0 Å². The van der Waals surface area contributed by atoms with Crippen LogP contribution in [0, 0.1) is 0 Å². The minimum Gasteiger partial charge on any atom is -0.464 e. The zero-order chi connectivity index (χ0) is 14.1. The molecule has 2 N–H and O–H groups in total. The summed E-state index contributed by atoms with van der Waals surface area (Å²) in [4.78, 5) is 27.6. The molecule has 0 radical (unpaired) electrons. The summed E-state index contributed by atoms with van der Waals surface area (Å²) in [6, 6.07) is 3.51. The van der Waals surface area contributed by atoms with Gasteiger partial charge in [0, 0.05) is 24.1 Å². The van der Waals surface area contributed by atoms with Gasteiger partial charge in [0.2, 0.25) is 0 Å². The number of aliphatic hydroxyl groups excluding tert-OH is 1. The molecule has 7 heteroatoms. The third-order valence-corrected chi connectivity index (χ3v) is 3.94. The van der Waals surface area contributed by atoms with E-state index in [2.05, 4.69) is 4.98 Å². The van der Waals surface area contributed by atoms with Crippen LogP contribution in [0.15, 0.2) is 37.8 Å². The summed E-state index contributed by atoms with van der Waals surface area (Å²) in [7, 11) is 0. The molecule has 6 nitrogen and oxygen atoms in total. The van der Waals surface area contributed by atoms with E-state index in [4.69, 9.17) is 9.52 Å². The quantitative estimate of drug-likeness (QED) is 0.760. The Morgan fingerprint density at radius 2 is 2.25 bits per heavy atom. The number of nitrogens with one attached hydrogen (secondary N) is 1. The van der Waals surface area contributed by atoms with E-state index in [1.807, 2.05) is 0 Å². The highest BCUT2D eigenvalue weighted by atomic mass is 32.1. The minimum atomic E-state index is -0.455. The summed E-state index contributed by atoms with van der Waals surface area (Å²) in [5.41, 5.74) is -0.136. The Labute approximate surface area is 116 Å². The summed E-state index contributed by atoms with van der Waals surface area (Å²) in [5.74, 6) is 0.592. The molecule has 3 rings (SSSR count). The molecule has 3 heterocycles. The largest absolute Gasteiger partial charge is 0.464 e. The van der Waals surface area contributed by atoms with Crippen LogP contribution in [0.25, 0.3) is 21.5 Å². The van der Waals surface area contributed by atoms with Gasteiger partial charge in [-0.25, -0.2) is 4.79 Å². The number of nitrogens with zero attached hydrogens (tertiary/aromatic N) is 1. The third kappa shape index (κ3) is 2.00. The fourth-order valence-corrected chi connectivity index (χ4v) is 3.03. The van der Waals surface area contributed by atoms with Gasteiger partial charge >= 0.3 is 5.69 Å². The highest BCUT2D eigenvalue weighted by Gasteiger charge is 2.16. The van der Waals surface area contributed by atoms with Gasteiger partial charge in [0.15, 0.2) is 0 Å². The van der Waals surface area contributed by atoms with Crippen molar-refractivity contribution in [1.29, 1.82) is 0 Å². The van der Waals surface area contributed by atoms with Crippen LogP contribution in [0.3, 0.4) is 0 Å². The predicted octanol–water partition coefficient (Wildman–Crippen LogP) is 1.39. The van der Waals surface area contributed by atoms with Crippen LogP contribution in [0.5, 0.6) is 0 Å². The molecular weight excluding hydrogens is 280 g/mol. The number of rotatable bonds is 4. The Morgan fingerprint density at radius 1 is 1.40 bits per heavy atom. The molecular formula is C13H12N2O4S. The van der Waals surface area contributed by atoms with Crippen molar-refractivity contribution in [3.05, 3.63) is 44.6 Å². The zero-order valence-corrected chi connectivity index (χ0v) is 11.3. The number of aliphatic hydroxyl groups is 1. The molecule has 0 bridgehead atoms. The number of furan rings is 1. The van der Waals surface area contributed by atoms with Crippen LogP contribution in [0.1, 0.15) is 6.42 Å². The highest BCUT2D eigenvalue weighted by molar-refractivity contribution is 7.17. The standard InChI is InChI=1S/C13H12N2O4S/c16-5-2-4-15-12(17)10-8(9-3-1-6-19-9)7-20-11(10)14-13(15)18/h1,3,6-7,16H,2,4-5H2,(H,14,18). The van der Waals surface area contributed by atoms with E-state index >= 15 is 0 Å². The third-order valence-electron chi connectivity index (χ3n) is 3.04. The maximum absolute atomic E-state index is 12.5. The van der Waals surface area contributed by atoms with Gasteiger partial charge in [0.1, 0.15) is 10.6 Å². The smallest absolute Gasteiger partial charge is 0.329 e. The molecule has 0 aliphatic heterocycles. The van der Waals surface area contributed by atoms with Crippen molar-refractivity contribution in [2.45, 2.75) is 13.0 Å². The monoisotopic (exact) mass is 292 g/mol. The summed E-state index contributed by atoms with van der Waals surface area (Å²) in [6.07, 6.45) is 1.89. The predicted molar refractivity (Wildman–Crippen MR) is 76.1 cm³/mol. The van der Waals surface area contributed by atoms with Gasteiger partial charge < -0.3 is 9.52 Å². The lowest BCUT2D eigenvalue weighted by molar-refractivity contribution is 0.278. The molecule has 3 aromatic rings. The second-order valence-electron chi connectivity index (χ2n) is 4.29. The lowest BCUT2D eigenvalue weighted by atomic mass is 10.2. The zero-order valence-electron chi connectivity index (χ0n) is 10.5. The first-order valence-electron chi connectivity index (χ1n) is 6.11. The van der Waals surface area contributed by atoms with E-state index in [9.17, 15) is 9.59 Å². The molecule has 0 saturated carbocycles. The Bertz CT molecular complexity index is 841. The SMILES string of the molecule is O=c1[nH]c2scc(-c3ccco3)c2c(=O)n1CCCO. The first-order chi connectivity index (χ1) is 9.72. The van der Waals surface area contributed by atoms with E-state index in [1.54, 1.807) is 17.5 Å². The Kier molecular flexibility index (Phi) is 3.29. The normalized spacial score (nSPS) is 11.2. The van der Waals surface area contributed by atoms with Gasteiger partial charge in [0.25, 0.3) is 5.56 Å². The summed E-state index contributed by atoms with van der Waals surface area (Å²) < 4.78 is 6.43. The first kappa shape index (κ1) is 12.9.